The lowest BCUT2D eigenvalue weighted by atomic mass is 10.1. The molecule has 4 rings (SSSR count). The van der Waals surface area contributed by atoms with Gasteiger partial charge in [-0.2, -0.15) is 0 Å². The summed E-state index contributed by atoms with van der Waals surface area (Å²) in [7, 11) is 0. The summed E-state index contributed by atoms with van der Waals surface area (Å²) in [5, 5.41) is 9.34. The summed E-state index contributed by atoms with van der Waals surface area (Å²) in [6.07, 6.45) is -0.328. The zero-order chi connectivity index (χ0) is 21.8. The molecule has 0 aliphatic carbocycles. The highest BCUT2D eigenvalue weighted by Crippen LogP contribution is 2.30. The van der Waals surface area contributed by atoms with E-state index in [2.05, 4.69) is 4.90 Å². The number of benzene rings is 2. The highest BCUT2D eigenvalue weighted by atomic mass is 35.5. The van der Waals surface area contributed by atoms with Crippen LogP contribution in [0.5, 0.6) is 11.5 Å². The molecule has 0 bridgehead atoms. The average molecular weight is 443 g/mol. The summed E-state index contributed by atoms with van der Waals surface area (Å²) in [6, 6.07) is 16.8. The van der Waals surface area contributed by atoms with Crippen LogP contribution in [0, 0.1) is 5.82 Å². The summed E-state index contributed by atoms with van der Waals surface area (Å²) in [5.74, 6) is 1.60. The van der Waals surface area contributed by atoms with E-state index >= 15 is 0 Å². The van der Waals surface area contributed by atoms with Crippen molar-refractivity contribution in [3.63, 3.8) is 0 Å². The van der Waals surface area contributed by atoms with Gasteiger partial charge in [0.2, 0.25) is 0 Å². The first-order chi connectivity index (χ1) is 15.0. The molecule has 1 fully saturated rings. The van der Waals surface area contributed by atoms with E-state index in [0.29, 0.717) is 42.5 Å². The van der Waals surface area contributed by atoms with Crippen LogP contribution in [0.2, 0.25) is 5.02 Å². The Bertz CT molecular complexity index is 1050. The summed E-state index contributed by atoms with van der Waals surface area (Å²) in [4.78, 5) is 17.5. The Balaban J connectivity index is 1.47. The number of ether oxygens (including phenoxy) is 2. The molecule has 1 aliphatic heterocycles. The van der Waals surface area contributed by atoms with Gasteiger partial charge in [-0.15, -0.1) is 0 Å². The molecule has 1 aromatic heterocycles. The third kappa shape index (κ3) is 5.44. The van der Waals surface area contributed by atoms with Crippen molar-refractivity contribution in [1.29, 1.82) is 0 Å². The van der Waals surface area contributed by atoms with Crippen molar-refractivity contribution >= 4 is 23.6 Å². The number of aromatic nitrogens is 1. The monoisotopic (exact) mass is 442 g/mol. The van der Waals surface area contributed by atoms with Gasteiger partial charge in [0, 0.05) is 36.5 Å². The smallest absolute Gasteiger partial charge is 0.457 e. The molecule has 0 atom stereocenters. The second kappa shape index (κ2) is 9.22. The van der Waals surface area contributed by atoms with E-state index in [0.717, 1.165) is 17.1 Å². The average Bonchev–Trinajstić information content (AvgIpc) is 2.75. The van der Waals surface area contributed by atoms with Crippen molar-refractivity contribution in [1.82, 2.24) is 4.98 Å². The van der Waals surface area contributed by atoms with Gasteiger partial charge >= 0.3 is 6.16 Å². The predicted octanol–water partition coefficient (Wildman–Crippen LogP) is 6.00. The highest BCUT2D eigenvalue weighted by molar-refractivity contribution is 6.31. The van der Waals surface area contributed by atoms with E-state index in [1.807, 2.05) is 24.3 Å². The quantitative estimate of drug-likeness (QED) is 0.489. The van der Waals surface area contributed by atoms with E-state index in [4.69, 9.17) is 31.2 Å². The van der Waals surface area contributed by atoms with Crippen LogP contribution in [-0.4, -0.2) is 35.4 Å². The van der Waals surface area contributed by atoms with Crippen LogP contribution in [0.3, 0.4) is 0 Å². The minimum atomic E-state index is -1.24. The molecule has 8 heteroatoms. The zero-order valence-corrected chi connectivity index (χ0v) is 17.3. The molecule has 2 aromatic carbocycles. The normalized spacial score (nSPS) is 14.3. The molecule has 31 heavy (non-hydrogen) atoms. The molecule has 0 saturated carbocycles. The van der Waals surface area contributed by atoms with E-state index in [1.54, 1.807) is 24.3 Å². The minimum Gasteiger partial charge on any atom is -0.457 e. The SMILES string of the molecule is O=C(O)OC1CCN(c2cc(Cl)cc(-c3ccc(Oc4ccc(F)cc4)cc3)n2)CC1. The van der Waals surface area contributed by atoms with Crippen molar-refractivity contribution in [3.05, 3.63) is 71.5 Å². The molecule has 0 radical (unpaired) electrons. The highest BCUT2D eigenvalue weighted by Gasteiger charge is 2.23. The molecule has 1 saturated heterocycles. The summed E-state index contributed by atoms with van der Waals surface area (Å²) < 4.78 is 23.6. The Morgan fingerprint density at radius 1 is 1.03 bits per heavy atom. The standard InChI is InChI=1S/C23H20ClFN2O4/c24-16-13-21(26-22(14-16)27-11-9-20(10-12-27)31-23(28)29)15-1-5-18(6-2-15)30-19-7-3-17(25)4-8-19/h1-8,13-14,20H,9-12H2,(H,28,29). The molecular formula is C23H20ClFN2O4. The summed E-state index contributed by atoms with van der Waals surface area (Å²) in [5.41, 5.74) is 1.60. The van der Waals surface area contributed by atoms with Gasteiger partial charge in [0.1, 0.15) is 29.2 Å². The summed E-state index contributed by atoms with van der Waals surface area (Å²) in [6.45, 7) is 1.27. The van der Waals surface area contributed by atoms with Crippen LogP contribution in [-0.2, 0) is 4.74 Å². The molecular weight excluding hydrogens is 423 g/mol. The second-order valence-electron chi connectivity index (χ2n) is 7.18. The number of nitrogens with zero attached hydrogens (tertiary/aromatic N) is 2. The number of halogens is 2. The van der Waals surface area contributed by atoms with Gasteiger partial charge in [-0.3, -0.25) is 0 Å². The van der Waals surface area contributed by atoms with Gasteiger partial charge in [0.25, 0.3) is 0 Å². The van der Waals surface area contributed by atoms with Crippen LogP contribution in [0.4, 0.5) is 15.0 Å². The van der Waals surface area contributed by atoms with Crippen molar-refractivity contribution in [2.75, 3.05) is 18.0 Å². The number of anilines is 1. The Morgan fingerprint density at radius 3 is 2.26 bits per heavy atom. The Labute approximate surface area is 183 Å². The van der Waals surface area contributed by atoms with Crippen LogP contribution in [0.1, 0.15) is 12.8 Å². The number of hydrogen-bond donors (Lipinski definition) is 1. The minimum absolute atomic E-state index is 0.291. The molecule has 160 valence electrons. The predicted molar refractivity (Wildman–Crippen MR) is 116 cm³/mol. The lowest BCUT2D eigenvalue weighted by molar-refractivity contribution is 0.0415. The van der Waals surface area contributed by atoms with Gasteiger partial charge in [-0.1, -0.05) is 11.6 Å². The first kappa shape index (κ1) is 20.9. The first-order valence-electron chi connectivity index (χ1n) is 9.82. The lowest BCUT2D eigenvalue weighted by Gasteiger charge is -2.32. The maximum absolute atomic E-state index is 13.0. The number of hydrogen-bond acceptors (Lipinski definition) is 5. The molecule has 0 amide bonds. The molecule has 3 aromatic rings. The van der Waals surface area contributed by atoms with Gasteiger partial charge < -0.3 is 19.5 Å². The van der Waals surface area contributed by atoms with Gasteiger partial charge in [-0.05, 0) is 60.7 Å². The van der Waals surface area contributed by atoms with Gasteiger partial charge in [0.15, 0.2) is 0 Å². The first-order valence-corrected chi connectivity index (χ1v) is 10.2. The Hall–Kier alpha value is -3.32. The number of carbonyl (C=O) groups is 1. The fraction of sp³-hybridized carbons (Fsp3) is 0.217. The van der Waals surface area contributed by atoms with E-state index in [9.17, 15) is 9.18 Å². The number of piperidine rings is 1. The number of pyridine rings is 1. The fourth-order valence-corrected chi connectivity index (χ4v) is 3.67. The number of carboxylic acid groups (broad SMARTS) is 1. The van der Waals surface area contributed by atoms with Crippen LogP contribution >= 0.6 is 11.6 Å². The lowest BCUT2D eigenvalue weighted by Crippen LogP contribution is -2.38. The largest absolute Gasteiger partial charge is 0.506 e. The molecule has 0 unspecified atom stereocenters. The van der Waals surface area contributed by atoms with E-state index in [1.165, 1.54) is 12.1 Å². The van der Waals surface area contributed by atoms with Crippen LogP contribution < -0.4 is 9.64 Å². The number of rotatable bonds is 5. The maximum Gasteiger partial charge on any atom is 0.506 e. The zero-order valence-electron chi connectivity index (χ0n) is 16.5. The Kier molecular flexibility index (Phi) is 6.23. The van der Waals surface area contributed by atoms with Gasteiger partial charge in [0.05, 0.1) is 5.69 Å². The van der Waals surface area contributed by atoms with Gasteiger partial charge in [-0.25, -0.2) is 14.2 Å². The van der Waals surface area contributed by atoms with Crippen molar-refractivity contribution < 1.29 is 23.8 Å². The molecule has 2 heterocycles. The molecule has 0 spiro atoms. The molecule has 1 aliphatic rings. The van der Waals surface area contributed by atoms with E-state index in [-0.39, 0.29) is 11.9 Å². The molecule has 1 N–H and O–H groups in total. The van der Waals surface area contributed by atoms with Crippen LogP contribution in [0.25, 0.3) is 11.3 Å². The van der Waals surface area contributed by atoms with Crippen molar-refractivity contribution in [2.24, 2.45) is 0 Å². The fourth-order valence-electron chi connectivity index (χ4n) is 3.47. The summed E-state index contributed by atoms with van der Waals surface area (Å²) >= 11 is 6.34. The second-order valence-corrected chi connectivity index (χ2v) is 7.62. The van der Waals surface area contributed by atoms with Crippen molar-refractivity contribution in [3.8, 4) is 22.8 Å². The van der Waals surface area contributed by atoms with Crippen molar-refractivity contribution in [2.45, 2.75) is 18.9 Å². The third-order valence-electron chi connectivity index (χ3n) is 5.01. The van der Waals surface area contributed by atoms with Crippen LogP contribution in [0.15, 0.2) is 60.7 Å². The molecule has 6 nitrogen and oxygen atoms in total. The third-order valence-corrected chi connectivity index (χ3v) is 5.23. The maximum atomic E-state index is 13.0. The topological polar surface area (TPSA) is 71.9 Å². The Morgan fingerprint density at radius 2 is 1.65 bits per heavy atom. The van der Waals surface area contributed by atoms with E-state index < -0.39 is 6.16 Å².